The van der Waals surface area contributed by atoms with Crippen LogP contribution in [-0.2, 0) is 0 Å². The molecule has 0 aliphatic carbocycles. The molecule has 1 atom stereocenters. The van der Waals surface area contributed by atoms with Crippen molar-refractivity contribution >= 4 is 11.6 Å². The van der Waals surface area contributed by atoms with Crippen molar-refractivity contribution in [2.24, 2.45) is 5.92 Å². The van der Waals surface area contributed by atoms with E-state index in [0.29, 0.717) is 18.0 Å². The first-order valence-corrected chi connectivity index (χ1v) is 7.12. The summed E-state index contributed by atoms with van der Waals surface area (Å²) in [5, 5.41) is 5.66. The monoisotopic (exact) mass is 279 g/mol. The number of amides is 1. The first-order valence-electron chi connectivity index (χ1n) is 7.12. The van der Waals surface area contributed by atoms with Crippen molar-refractivity contribution in [2.75, 3.05) is 38.5 Å². The molecular formula is C15H22FN3O. The Morgan fingerprint density at radius 3 is 2.95 bits per heavy atom. The molecule has 4 nitrogen and oxygen atoms in total. The lowest BCUT2D eigenvalue weighted by atomic mass is 10.1. The van der Waals surface area contributed by atoms with Gasteiger partial charge in [-0.15, -0.1) is 0 Å². The van der Waals surface area contributed by atoms with Crippen LogP contribution in [0.25, 0.3) is 0 Å². The van der Waals surface area contributed by atoms with Gasteiger partial charge in [-0.05, 0) is 37.6 Å². The van der Waals surface area contributed by atoms with Gasteiger partial charge in [0, 0.05) is 20.1 Å². The fourth-order valence-electron chi connectivity index (χ4n) is 2.67. The topological polar surface area (TPSA) is 44.4 Å². The molecule has 20 heavy (non-hydrogen) atoms. The molecule has 1 aliphatic heterocycles. The van der Waals surface area contributed by atoms with E-state index in [4.69, 9.17) is 0 Å². The molecule has 0 aromatic heterocycles. The summed E-state index contributed by atoms with van der Waals surface area (Å²) in [5.41, 5.74) is 0.615. The average molecular weight is 279 g/mol. The lowest BCUT2D eigenvalue weighted by Gasteiger charge is -2.15. The number of nitrogens with zero attached hydrogens (tertiary/aromatic N) is 1. The number of nitrogens with one attached hydrogen (secondary N) is 2. The maximum Gasteiger partial charge on any atom is 0.253 e. The Labute approximate surface area is 119 Å². The Kier molecular flexibility index (Phi) is 4.95. The molecule has 1 aromatic rings. The van der Waals surface area contributed by atoms with E-state index in [-0.39, 0.29) is 11.6 Å². The highest BCUT2D eigenvalue weighted by atomic mass is 19.1. The van der Waals surface area contributed by atoms with E-state index in [2.05, 4.69) is 22.5 Å². The van der Waals surface area contributed by atoms with Crippen molar-refractivity contribution < 1.29 is 9.18 Å². The third kappa shape index (κ3) is 3.28. The number of rotatable bonds is 5. The summed E-state index contributed by atoms with van der Waals surface area (Å²) >= 11 is 0. The van der Waals surface area contributed by atoms with Crippen LogP contribution in [0.1, 0.15) is 23.7 Å². The van der Waals surface area contributed by atoms with Gasteiger partial charge in [-0.2, -0.15) is 0 Å². The predicted molar refractivity (Wildman–Crippen MR) is 78.5 cm³/mol. The Morgan fingerprint density at radius 1 is 1.50 bits per heavy atom. The summed E-state index contributed by atoms with van der Waals surface area (Å²) in [6.45, 7) is 5.97. The van der Waals surface area contributed by atoms with Crippen LogP contribution >= 0.6 is 0 Å². The molecule has 1 aliphatic rings. The molecule has 0 radical (unpaired) electrons. The molecule has 5 heteroatoms. The fraction of sp³-hybridized carbons (Fsp3) is 0.533. The predicted octanol–water partition coefficient (Wildman–Crippen LogP) is 1.94. The normalized spacial score (nSPS) is 19.1. The van der Waals surface area contributed by atoms with E-state index in [9.17, 15) is 9.18 Å². The van der Waals surface area contributed by atoms with E-state index >= 15 is 0 Å². The number of benzene rings is 1. The first kappa shape index (κ1) is 14.8. The number of carbonyl (C=O) groups excluding carboxylic acids is 1. The number of hydrogen-bond donors (Lipinski definition) is 2. The van der Waals surface area contributed by atoms with Gasteiger partial charge in [0.25, 0.3) is 5.91 Å². The summed E-state index contributed by atoms with van der Waals surface area (Å²) in [7, 11) is 1.62. The van der Waals surface area contributed by atoms with Gasteiger partial charge in [-0.3, -0.25) is 4.79 Å². The van der Waals surface area contributed by atoms with Crippen LogP contribution in [0.2, 0.25) is 0 Å². The van der Waals surface area contributed by atoms with Crippen LogP contribution in [0.3, 0.4) is 0 Å². The average Bonchev–Trinajstić information content (AvgIpc) is 2.92. The van der Waals surface area contributed by atoms with E-state index in [1.165, 1.54) is 6.07 Å². The van der Waals surface area contributed by atoms with Crippen molar-refractivity contribution in [3.8, 4) is 0 Å². The molecule has 1 unspecified atom stereocenters. The van der Waals surface area contributed by atoms with Gasteiger partial charge in [-0.1, -0.05) is 13.0 Å². The van der Waals surface area contributed by atoms with Crippen LogP contribution in [-0.4, -0.2) is 44.0 Å². The molecule has 0 spiro atoms. The van der Waals surface area contributed by atoms with Gasteiger partial charge < -0.3 is 15.5 Å². The van der Waals surface area contributed by atoms with Crippen LogP contribution in [0.4, 0.5) is 10.1 Å². The Hall–Kier alpha value is -1.62. The van der Waals surface area contributed by atoms with E-state index < -0.39 is 5.82 Å². The van der Waals surface area contributed by atoms with E-state index in [0.717, 1.165) is 26.1 Å². The molecule has 1 aromatic carbocycles. The molecule has 1 heterocycles. The summed E-state index contributed by atoms with van der Waals surface area (Å²) in [5.74, 6) is -0.132. The highest BCUT2D eigenvalue weighted by molar-refractivity contribution is 5.99. The highest BCUT2D eigenvalue weighted by Crippen LogP contribution is 2.19. The number of anilines is 1. The molecule has 1 amide bonds. The van der Waals surface area contributed by atoms with Crippen LogP contribution in [0.5, 0.6) is 0 Å². The molecule has 0 saturated carbocycles. The Morgan fingerprint density at radius 2 is 2.30 bits per heavy atom. The summed E-state index contributed by atoms with van der Waals surface area (Å²) in [6.07, 6.45) is 1.11. The molecule has 1 saturated heterocycles. The SMILES string of the molecule is CCN1CCC(CNC(=O)c2cccc(F)c2NC)C1. The molecule has 110 valence electrons. The second kappa shape index (κ2) is 6.70. The van der Waals surface area contributed by atoms with Gasteiger partial charge >= 0.3 is 0 Å². The zero-order valence-electron chi connectivity index (χ0n) is 12.1. The third-order valence-corrected chi connectivity index (χ3v) is 3.88. The number of carbonyl (C=O) groups is 1. The van der Waals surface area contributed by atoms with Crippen molar-refractivity contribution in [1.29, 1.82) is 0 Å². The quantitative estimate of drug-likeness (QED) is 0.866. The van der Waals surface area contributed by atoms with Gasteiger partial charge in [0.05, 0.1) is 11.3 Å². The summed E-state index contributed by atoms with van der Waals surface area (Å²) in [4.78, 5) is 14.5. The molecule has 1 fully saturated rings. The lowest BCUT2D eigenvalue weighted by molar-refractivity contribution is 0.0948. The molecule has 2 N–H and O–H groups in total. The number of para-hydroxylation sites is 1. The number of halogens is 1. The van der Waals surface area contributed by atoms with Crippen LogP contribution in [0, 0.1) is 11.7 Å². The second-order valence-electron chi connectivity index (χ2n) is 5.17. The second-order valence-corrected chi connectivity index (χ2v) is 5.17. The lowest BCUT2D eigenvalue weighted by Crippen LogP contribution is -2.31. The fourth-order valence-corrected chi connectivity index (χ4v) is 2.67. The minimum absolute atomic E-state index is 0.219. The first-order chi connectivity index (χ1) is 9.65. The third-order valence-electron chi connectivity index (χ3n) is 3.88. The molecule has 2 rings (SSSR count). The van der Waals surface area contributed by atoms with Gasteiger partial charge in [0.2, 0.25) is 0 Å². The zero-order chi connectivity index (χ0) is 14.5. The number of hydrogen-bond acceptors (Lipinski definition) is 3. The highest BCUT2D eigenvalue weighted by Gasteiger charge is 2.22. The van der Waals surface area contributed by atoms with Gasteiger partial charge in [0.15, 0.2) is 0 Å². The van der Waals surface area contributed by atoms with Crippen LogP contribution < -0.4 is 10.6 Å². The molecule has 0 bridgehead atoms. The van der Waals surface area contributed by atoms with E-state index in [1.54, 1.807) is 19.2 Å². The van der Waals surface area contributed by atoms with Gasteiger partial charge in [0.1, 0.15) is 5.82 Å². The minimum atomic E-state index is -0.404. The summed E-state index contributed by atoms with van der Waals surface area (Å²) in [6, 6.07) is 4.54. The number of likely N-dealkylation sites (tertiary alicyclic amines) is 1. The molecular weight excluding hydrogens is 257 g/mol. The van der Waals surface area contributed by atoms with Gasteiger partial charge in [-0.25, -0.2) is 4.39 Å². The van der Waals surface area contributed by atoms with Crippen molar-refractivity contribution in [3.63, 3.8) is 0 Å². The maximum absolute atomic E-state index is 13.6. The van der Waals surface area contributed by atoms with E-state index in [1.807, 2.05) is 0 Å². The zero-order valence-corrected chi connectivity index (χ0v) is 12.1. The van der Waals surface area contributed by atoms with Crippen molar-refractivity contribution in [2.45, 2.75) is 13.3 Å². The maximum atomic E-state index is 13.6. The van der Waals surface area contributed by atoms with Crippen molar-refractivity contribution in [1.82, 2.24) is 10.2 Å². The Balaban J connectivity index is 1.94. The van der Waals surface area contributed by atoms with Crippen molar-refractivity contribution in [3.05, 3.63) is 29.6 Å². The minimum Gasteiger partial charge on any atom is -0.385 e. The largest absolute Gasteiger partial charge is 0.385 e. The smallest absolute Gasteiger partial charge is 0.253 e. The standard InChI is InChI=1S/C15H22FN3O/c1-3-19-8-7-11(10-19)9-18-15(20)12-5-4-6-13(16)14(12)17-2/h4-6,11,17H,3,7-10H2,1-2H3,(H,18,20). The summed E-state index contributed by atoms with van der Waals surface area (Å²) < 4.78 is 13.6. The van der Waals surface area contributed by atoms with Crippen LogP contribution in [0.15, 0.2) is 18.2 Å². The Bertz CT molecular complexity index is 478.